The second-order valence-electron chi connectivity index (χ2n) is 5.23. The Balaban J connectivity index is 2.12. The van der Waals surface area contributed by atoms with Crippen molar-refractivity contribution >= 4 is 17.8 Å². The van der Waals surface area contributed by atoms with E-state index in [1.54, 1.807) is 0 Å². The predicted molar refractivity (Wildman–Crippen MR) is 75.7 cm³/mol. The summed E-state index contributed by atoms with van der Waals surface area (Å²) in [5.74, 6) is -2.01. The van der Waals surface area contributed by atoms with Gasteiger partial charge in [0.2, 0.25) is 11.8 Å². The topological polar surface area (TPSA) is 105 Å². The highest BCUT2D eigenvalue weighted by Gasteiger charge is 2.14. The van der Waals surface area contributed by atoms with Crippen LogP contribution in [0.2, 0.25) is 0 Å². The number of hydrogen-bond acceptors (Lipinski definition) is 4. The molecule has 0 aromatic carbocycles. The number of aliphatic carboxylic acids is 1. The minimum Gasteiger partial charge on any atom is -0.480 e. The fraction of sp³-hybridized carbons (Fsp3) is 0.786. The van der Waals surface area contributed by atoms with Gasteiger partial charge >= 0.3 is 5.97 Å². The molecule has 0 saturated heterocycles. The van der Waals surface area contributed by atoms with Crippen LogP contribution in [0, 0.1) is 0 Å². The van der Waals surface area contributed by atoms with Crippen molar-refractivity contribution in [3.63, 3.8) is 0 Å². The van der Waals surface area contributed by atoms with Crippen molar-refractivity contribution in [2.75, 3.05) is 19.7 Å². The first-order chi connectivity index (χ1) is 10.1. The maximum atomic E-state index is 11.5. The average molecular weight is 300 g/mol. The first kappa shape index (κ1) is 17.4. The van der Waals surface area contributed by atoms with Crippen LogP contribution in [0.3, 0.4) is 0 Å². The summed E-state index contributed by atoms with van der Waals surface area (Å²) in [5.41, 5.74) is 0. The molecule has 0 aromatic heterocycles. The van der Waals surface area contributed by atoms with E-state index in [4.69, 9.17) is 9.84 Å². The lowest BCUT2D eigenvalue weighted by molar-refractivity contribution is -0.137. The molecule has 1 aliphatic carbocycles. The number of carboxylic acid groups (broad SMARTS) is 1. The highest BCUT2D eigenvalue weighted by atomic mass is 16.5. The zero-order valence-electron chi connectivity index (χ0n) is 12.2. The highest BCUT2D eigenvalue weighted by Crippen LogP contribution is 2.19. The standard InChI is InChI=1S/C14H24N2O5/c17-12(16-9-14(19)20)8-15-13(18)10-21-11-6-4-2-1-3-5-7-11/h11H,1-10H2,(H,15,18)(H,16,17)(H,19,20). The molecule has 1 fully saturated rings. The number of amides is 2. The molecule has 0 radical (unpaired) electrons. The third-order valence-corrected chi connectivity index (χ3v) is 3.39. The first-order valence-corrected chi connectivity index (χ1v) is 7.44. The quantitative estimate of drug-likeness (QED) is 0.632. The lowest BCUT2D eigenvalue weighted by Crippen LogP contribution is -2.40. The third-order valence-electron chi connectivity index (χ3n) is 3.39. The van der Waals surface area contributed by atoms with E-state index in [1.165, 1.54) is 19.3 Å². The first-order valence-electron chi connectivity index (χ1n) is 7.44. The highest BCUT2D eigenvalue weighted by molar-refractivity contribution is 5.86. The summed E-state index contributed by atoms with van der Waals surface area (Å²) in [7, 11) is 0. The molecule has 0 aliphatic heterocycles. The summed E-state index contributed by atoms with van der Waals surface area (Å²) in [6, 6.07) is 0. The summed E-state index contributed by atoms with van der Waals surface area (Å²) < 4.78 is 5.57. The van der Waals surface area contributed by atoms with Crippen molar-refractivity contribution < 1.29 is 24.2 Å². The lowest BCUT2D eigenvalue weighted by Gasteiger charge is -2.19. The number of carbonyl (C=O) groups is 3. The monoisotopic (exact) mass is 300 g/mol. The molecule has 3 N–H and O–H groups in total. The molecule has 0 heterocycles. The molecule has 2 amide bonds. The van der Waals surface area contributed by atoms with Crippen molar-refractivity contribution in [1.82, 2.24) is 10.6 Å². The Hall–Kier alpha value is -1.63. The van der Waals surface area contributed by atoms with Crippen LogP contribution in [0.25, 0.3) is 0 Å². The van der Waals surface area contributed by atoms with Crippen molar-refractivity contribution in [3.8, 4) is 0 Å². The fourth-order valence-electron chi connectivity index (χ4n) is 2.25. The molecule has 7 heteroatoms. The summed E-state index contributed by atoms with van der Waals surface area (Å²) in [4.78, 5) is 33.0. The minimum atomic E-state index is -1.12. The smallest absolute Gasteiger partial charge is 0.322 e. The molecule has 1 aliphatic rings. The zero-order valence-corrected chi connectivity index (χ0v) is 12.2. The molecule has 0 spiro atoms. The Bertz CT molecular complexity index is 351. The Morgan fingerprint density at radius 1 is 0.905 bits per heavy atom. The number of ether oxygens (including phenoxy) is 1. The van der Waals surface area contributed by atoms with Gasteiger partial charge in [-0.05, 0) is 12.8 Å². The van der Waals surface area contributed by atoms with Gasteiger partial charge in [0.05, 0.1) is 12.6 Å². The number of rotatable bonds is 7. The van der Waals surface area contributed by atoms with Gasteiger partial charge in [-0.25, -0.2) is 0 Å². The van der Waals surface area contributed by atoms with Crippen LogP contribution in [0.15, 0.2) is 0 Å². The van der Waals surface area contributed by atoms with Crippen LogP contribution in [-0.4, -0.2) is 48.7 Å². The minimum absolute atomic E-state index is 0.0587. The molecular formula is C14H24N2O5. The largest absolute Gasteiger partial charge is 0.480 e. The van der Waals surface area contributed by atoms with Crippen molar-refractivity contribution in [2.45, 2.75) is 51.0 Å². The molecule has 0 atom stereocenters. The van der Waals surface area contributed by atoms with E-state index >= 15 is 0 Å². The van der Waals surface area contributed by atoms with E-state index < -0.39 is 18.4 Å². The molecule has 1 rings (SSSR count). The van der Waals surface area contributed by atoms with Crippen molar-refractivity contribution in [2.24, 2.45) is 0 Å². The Kier molecular flexibility index (Phi) is 8.42. The van der Waals surface area contributed by atoms with Crippen LogP contribution in [-0.2, 0) is 19.1 Å². The fourth-order valence-corrected chi connectivity index (χ4v) is 2.25. The molecule has 21 heavy (non-hydrogen) atoms. The molecule has 1 saturated carbocycles. The van der Waals surface area contributed by atoms with E-state index in [9.17, 15) is 14.4 Å². The Morgan fingerprint density at radius 2 is 1.48 bits per heavy atom. The van der Waals surface area contributed by atoms with Gasteiger partial charge in [-0.15, -0.1) is 0 Å². The maximum Gasteiger partial charge on any atom is 0.322 e. The van der Waals surface area contributed by atoms with Crippen LogP contribution in [0.4, 0.5) is 0 Å². The second-order valence-corrected chi connectivity index (χ2v) is 5.23. The van der Waals surface area contributed by atoms with Crippen molar-refractivity contribution in [1.29, 1.82) is 0 Å². The van der Waals surface area contributed by atoms with Crippen LogP contribution >= 0.6 is 0 Å². The van der Waals surface area contributed by atoms with Gasteiger partial charge < -0.3 is 20.5 Å². The molecule has 0 unspecified atom stereocenters. The van der Waals surface area contributed by atoms with Gasteiger partial charge in [0, 0.05) is 0 Å². The van der Waals surface area contributed by atoms with Gasteiger partial charge in [-0.1, -0.05) is 32.1 Å². The van der Waals surface area contributed by atoms with Gasteiger partial charge in [-0.2, -0.15) is 0 Å². The van der Waals surface area contributed by atoms with E-state index in [-0.39, 0.29) is 25.2 Å². The summed E-state index contributed by atoms with van der Waals surface area (Å²) in [5, 5.41) is 13.0. The van der Waals surface area contributed by atoms with Crippen LogP contribution in [0.5, 0.6) is 0 Å². The lowest BCUT2D eigenvalue weighted by atomic mass is 9.99. The van der Waals surface area contributed by atoms with E-state index in [0.717, 1.165) is 25.7 Å². The van der Waals surface area contributed by atoms with Gasteiger partial charge in [0.25, 0.3) is 0 Å². The number of carbonyl (C=O) groups excluding carboxylic acids is 2. The summed E-state index contributed by atoms with van der Waals surface area (Å²) >= 11 is 0. The maximum absolute atomic E-state index is 11.5. The third kappa shape index (κ3) is 9.01. The van der Waals surface area contributed by atoms with Crippen LogP contribution < -0.4 is 10.6 Å². The Morgan fingerprint density at radius 3 is 2.10 bits per heavy atom. The van der Waals surface area contributed by atoms with E-state index in [0.29, 0.717) is 0 Å². The predicted octanol–water partition coefficient (Wildman–Crippen LogP) is 0.433. The van der Waals surface area contributed by atoms with Crippen molar-refractivity contribution in [3.05, 3.63) is 0 Å². The van der Waals surface area contributed by atoms with Gasteiger partial charge in [0.15, 0.2) is 0 Å². The van der Waals surface area contributed by atoms with E-state index in [2.05, 4.69) is 10.6 Å². The average Bonchev–Trinajstić information content (AvgIpc) is 2.41. The van der Waals surface area contributed by atoms with Gasteiger partial charge in [-0.3, -0.25) is 14.4 Å². The van der Waals surface area contributed by atoms with E-state index in [1.807, 2.05) is 0 Å². The second kappa shape index (κ2) is 10.1. The van der Waals surface area contributed by atoms with Gasteiger partial charge in [0.1, 0.15) is 13.2 Å². The molecule has 7 nitrogen and oxygen atoms in total. The normalized spacial score (nSPS) is 16.6. The van der Waals surface area contributed by atoms with Crippen LogP contribution in [0.1, 0.15) is 44.9 Å². The number of hydrogen-bond donors (Lipinski definition) is 3. The summed E-state index contributed by atoms with van der Waals surface area (Å²) in [6.45, 7) is -0.746. The number of nitrogens with one attached hydrogen (secondary N) is 2. The zero-order chi connectivity index (χ0) is 15.5. The molecule has 0 bridgehead atoms. The molecule has 120 valence electrons. The number of carboxylic acids is 1. The SMILES string of the molecule is O=C(O)CNC(=O)CNC(=O)COC1CCCCCCC1. The Labute approximate surface area is 124 Å². The molecular weight excluding hydrogens is 276 g/mol. The molecule has 0 aromatic rings. The summed E-state index contributed by atoms with van der Waals surface area (Å²) in [6.07, 6.45) is 8.05.